The normalized spacial score (nSPS) is 33.9. The van der Waals surface area contributed by atoms with E-state index in [1.807, 2.05) is 12.2 Å². The average Bonchev–Trinajstić information content (AvgIpc) is 3.25. The summed E-state index contributed by atoms with van der Waals surface area (Å²) in [5, 5.41) is 16.2. The lowest BCUT2D eigenvalue weighted by atomic mass is 9.69. The molecular weight excluding hydrogens is 424 g/mol. The molecule has 3 N–H and O–H groups in total. The minimum absolute atomic E-state index is 0.101. The molecule has 1 aliphatic carbocycles. The number of aliphatic hydroxyl groups excluding tert-OH is 1. The number of thioether (sulfide) groups is 1. The summed E-state index contributed by atoms with van der Waals surface area (Å²) in [7, 11) is 1.19. The van der Waals surface area contributed by atoms with Crippen LogP contribution in [0.2, 0.25) is 0 Å². The predicted molar refractivity (Wildman–Crippen MR) is 113 cm³/mol. The van der Waals surface area contributed by atoms with Crippen LogP contribution in [0.15, 0.2) is 12.2 Å². The topological polar surface area (TPSA) is 131 Å². The highest BCUT2D eigenvalue weighted by molar-refractivity contribution is 8.13. The zero-order chi connectivity index (χ0) is 22.8. The summed E-state index contributed by atoms with van der Waals surface area (Å²) < 4.78 is 10.7. The number of aliphatic hydroxyl groups is 1. The van der Waals surface area contributed by atoms with Crippen LogP contribution in [-0.2, 0) is 28.7 Å². The number of hydrogen-bond donors (Lipinski definition) is 3. The first-order valence-corrected chi connectivity index (χ1v) is 11.5. The second-order valence-corrected chi connectivity index (χ2v) is 9.43. The van der Waals surface area contributed by atoms with E-state index in [0.29, 0.717) is 19.4 Å². The van der Waals surface area contributed by atoms with E-state index in [9.17, 15) is 24.3 Å². The number of rotatable bonds is 7. The van der Waals surface area contributed by atoms with E-state index >= 15 is 0 Å². The second kappa shape index (κ2) is 9.30. The van der Waals surface area contributed by atoms with Gasteiger partial charge in [-0.05, 0) is 32.6 Å². The third-order valence-electron chi connectivity index (χ3n) is 6.60. The molecule has 0 aromatic heterocycles. The molecule has 2 saturated heterocycles. The number of amides is 2. The Balaban J connectivity index is 1.91. The molecule has 0 saturated carbocycles. The van der Waals surface area contributed by atoms with Crippen LogP contribution in [0.3, 0.4) is 0 Å². The van der Waals surface area contributed by atoms with Crippen LogP contribution < -0.4 is 10.6 Å². The number of esters is 1. The van der Waals surface area contributed by atoms with E-state index in [4.69, 9.17) is 9.47 Å². The molecule has 2 amide bonds. The number of fused-ring (bicyclic) bond motifs is 1. The minimum Gasteiger partial charge on any atom is -0.467 e. The number of allylic oxidation sites excluding steroid dienone is 1. The molecule has 0 radical (unpaired) electrons. The molecule has 10 heteroatoms. The molecule has 31 heavy (non-hydrogen) atoms. The van der Waals surface area contributed by atoms with Gasteiger partial charge < -0.3 is 25.2 Å². The minimum atomic E-state index is -1.67. The van der Waals surface area contributed by atoms with Crippen molar-refractivity contribution < 1.29 is 33.8 Å². The fraction of sp³-hybridized carbons (Fsp3) is 0.714. The van der Waals surface area contributed by atoms with Gasteiger partial charge in [-0.1, -0.05) is 23.9 Å². The largest absolute Gasteiger partial charge is 0.467 e. The lowest BCUT2D eigenvalue weighted by Crippen LogP contribution is -2.69. The van der Waals surface area contributed by atoms with Crippen molar-refractivity contribution in [3.8, 4) is 0 Å². The Labute approximate surface area is 185 Å². The summed E-state index contributed by atoms with van der Waals surface area (Å²) in [5.41, 5.74) is -2.88. The van der Waals surface area contributed by atoms with Crippen LogP contribution in [0.1, 0.15) is 39.5 Å². The molecule has 9 nitrogen and oxygen atoms in total. The summed E-state index contributed by atoms with van der Waals surface area (Å²) >= 11 is 0.775. The van der Waals surface area contributed by atoms with Gasteiger partial charge in [0.1, 0.15) is 11.6 Å². The smallest absolute Gasteiger partial charge is 0.329 e. The van der Waals surface area contributed by atoms with Gasteiger partial charge in [0.15, 0.2) is 5.54 Å². The summed E-state index contributed by atoms with van der Waals surface area (Å²) in [4.78, 5) is 49.9. The second-order valence-electron chi connectivity index (χ2n) is 8.44. The first-order chi connectivity index (χ1) is 14.7. The quantitative estimate of drug-likeness (QED) is 0.370. The zero-order valence-corrected chi connectivity index (χ0v) is 18.8. The Bertz CT molecular complexity index is 788. The third-order valence-corrected chi connectivity index (χ3v) is 7.68. The van der Waals surface area contributed by atoms with E-state index in [-0.39, 0.29) is 17.6 Å². The Morgan fingerprint density at radius 2 is 2.16 bits per heavy atom. The molecule has 2 aliphatic heterocycles. The van der Waals surface area contributed by atoms with Gasteiger partial charge in [-0.15, -0.1) is 0 Å². The summed E-state index contributed by atoms with van der Waals surface area (Å²) in [5.74, 6) is -2.41. The Morgan fingerprint density at radius 3 is 2.77 bits per heavy atom. The van der Waals surface area contributed by atoms with E-state index < -0.39 is 46.2 Å². The van der Waals surface area contributed by atoms with Crippen LogP contribution in [0, 0.1) is 11.8 Å². The van der Waals surface area contributed by atoms with Gasteiger partial charge in [0.25, 0.3) is 0 Å². The third kappa shape index (κ3) is 4.12. The van der Waals surface area contributed by atoms with Crippen molar-refractivity contribution >= 4 is 34.7 Å². The lowest BCUT2D eigenvalue weighted by molar-refractivity contribution is -0.144. The number of ether oxygens (including phenoxy) is 2. The van der Waals surface area contributed by atoms with Crippen LogP contribution in [0.25, 0.3) is 0 Å². The maximum Gasteiger partial charge on any atom is 0.329 e. The molecule has 3 aliphatic rings. The van der Waals surface area contributed by atoms with Gasteiger partial charge in [-0.2, -0.15) is 0 Å². The van der Waals surface area contributed by atoms with Crippen LogP contribution >= 0.6 is 11.8 Å². The van der Waals surface area contributed by atoms with Crippen molar-refractivity contribution in [1.29, 1.82) is 0 Å². The number of carbonyl (C=O) groups is 4. The van der Waals surface area contributed by atoms with Gasteiger partial charge in [0.2, 0.25) is 16.9 Å². The lowest BCUT2D eigenvalue weighted by Gasteiger charge is -2.45. The van der Waals surface area contributed by atoms with Crippen LogP contribution in [-0.4, -0.2) is 70.8 Å². The monoisotopic (exact) mass is 454 g/mol. The fourth-order valence-electron chi connectivity index (χ4n) is 4.93. The van der Waals surface area contributed by atoms with Crippen molar-refractivity contribution in [2.24, 2.45) is 11.8 Å². The summed E-state index contributed by atoms with van der Waals surface area (Å²) in [6.07, 6.45) is 5.59. The summed E-state index contributed by atoms with van der Waals surface area (Å²) in [6.45, 7) is 3.28. The molecule has 0 bridgehead atoms. The van der Waals surface area contributed by atoms with E-state index in [1.54, 1.807) is 6.92 Å². The molecule has 172 valence electrons. The standard InChI is InChI=1S/C21H30N2O7S/c1-12(24)22-15(18(27)29-3)11-31-19(28)21(16(25)13-7-5-4-6-8-13)20(2)14(9-10-30-20)17(26)23-21/h5,7,13-16,25H,4,6,8-11H2,1-3H3,(H,22,24)(H,23,26). The van der Waals surface area contributed by atoms with Crippen molar-refractivity contribution in [3.05, 3.63) is 12.2 Å². The molecule has 6 atom stereocenters. The Hall–Kier alpha value is -1.91. The molecule has 6 unspecified atom stereocenters. The first-order valence-electron chi connectivity index (χ1n) is 10.5. The van der Waals surface area contributed by atoms with Crippen molar-refractivity contribution in [2.45, 2.75) is 62.8 Å². The van der Waals surface area contributed by atoms with Gasteiger partial charge in [0.05, 0.1) is 19.1 Å². The number of hydrogen-bond acceptors (Lipinski definition) is 8. The van der Waals surface area contributed by atoms with E-state index in [0.717, 1.165) is 24.6 Å². The van der Waals surface area contributed by atoms with Crippen LogP contribution in [0.5, 0.6) is 0 Å². The van der Waals surface area contributed by atoms with Crippen LogP contribution in [0.4, 0.5) is 0 Å². The number of carbonyl (C=O) groups excluding carboxylic acids is 4. The van der Waals surface area contributed by atoms with E-state index in [1.165, 1.54) is 14.0 Å². The van der Waals surface area contributed by atoms with Gasteiger partial charge in [-0.3, -0.25) is 14.4 Å². The van der Waals surface area contributed by atoms with Gasteiger partial charge in [-0.25, -0.2) is 4.79 Å². The predicted octanol–water partition coefficient (Wildman–Crippen LogP) is 0.305. The highest BCUT2D eigenvalue weighted by Crippen LogP contribution is 2.51. The van der Waals surface area contributed by atoms with Crippen molar-refractivity contribution in [3.63, 3.8) is 0 Å². The highest BCUT2D eigenvalue weighted by atomic mass is 32.2. The first kappa shape index (κ1) is 23.7. The zero-order valence-electron chi connectivity index (χ0n) is 18.0. The molecule has 0 aromatic rings. The Morgan fingerprint density at radius 1 is 1.42 bits per heavy atom. The molecule has 0 aromatic carbocycles. The van der Waals surface area contributed by atoms with Gasteiger partial charge >= 0.3 is 5.97 Å². The maximum absolute atomic E-state index is 13.7. The highest BCUT2D eigenvalue weighted by Gasteiger charge is 2.71. The molecular formula is C21H30N2O7S. The fourth-order valence-corrected chi connectivity index (χ4v) is 6.07. The molecule has 3 rings (SSSR count). The number of methoxy groups -OCH3 is 1. The number of nitrogens with one attached hydrogen (secondary N) is 2. The van der Waals surface area contributed by atoms with E-state index in [2.05, 4.69) is 10.6 Å². The van der Waals surface area contributed by atoms with Crippen molar-refractivity contribution in [1.82, 2.24) is 10.6 Å². The average molecular weight is 455 g/mol. The SMILES string of the molecule is COC(=O)C(CSC(=O)C1(C(O)C2C=CCCC2)NC(=O)C2CCOC21C)NC(C)=O. The molecule has 2 heterocycles. The van der Waals surface area contributed by atoms with Crippen molar-refractivity contribution in [2.75, 3.05) is 19.5 Å². The summed E-state index contributed by atoms with van der Waals surface area (Å²) in [6, 6.07) is -1.04. The van der Waals surface area contributed by atoms with Gasteiger partial charge in [0, 0.05) is 25.2 Å². The maximum atomic E-state index is 13.7. The Kier molecular flexibility index (Phi) is 7.12. The molecule has 0 spiro atoms. The molecule has 2 fully saturated rings.